The molecule has 2 aromatic carbocycles. The van der Waals surface area contributed by atoms with Crippen molar-refractivity contribution in [3.05, 3.63) is 53.6 Å². The van der Waals surface area contributed by atoms with Crippen LogP contribution in [0.5, 0.6) is 0 Å². The van der Waals surface area contributed by atoms with E-state index in [1.54, 1.807) is 24.3 Å². The Hall–Kier alpha value is -2.53. The molecule has 0 aliphatic heterocycles. The lowest BCUT2D eigenvalue weighted by Gasteiger charge is -2.09. The molecule has 0 unspecified atom stereocenters. The van der Waals surface area contributed by atoms with E-state index in [0.29, 0.717) is 10.7 Å². The predicted molar refractivity (Wildman–Crippen MR) is 96.4 cm³/mol. The highest BCUT2D eigenvalue weighted by Crippen LogP contribution is 2.30. The zero-order valence-corrected chi connectivity index (χ0v) is 13.8. The lowest BCUT2D eigenvalue weighted by molar-refractivity contribution is -0.117. The second-order valence-electron chi connectivity index (χ2n) is 5.75. The fourth-order valence-corrected chi connectivity index (χ4v) is 2.41. The molecule has 0 saturated heterocycles. The third kappa shape index (κ3) is 4.73. The Bertz CT molecular complexity index is 742. The minimum Gasteiger partial charge on any atom is -0.376 e. The van der Waals surface area contributed by atoms with E-state index in [0.717, 1.165) is 24.2 Å². The van der Waals surface area contributed by atoms with Crippen molar-refractivity contribution in [1.82, 2.24) is 0 Å². The largest absolute Gasteiger partial charge is 0.376 e. The first-order valence-electron chi connectivity index (χ1n) is 7.80. The van der Waals surface area contributed by atoms with Crippen LogP contribution in [0.2, 0.25) is 5.02 Å². The third-order valence-corrected chi connectivity index (χ3v) is 3.90. The van der Waals surface area contributed by atoms with E-state index >= 15 is 0 Å². The van der Waals surface area contributed by atoms with Crippen LogP contribution in [0.25, 0.3) is 0 Å². The summed E-state index contributed by atoms with van der Waals surface area (Å²) in [7, 11) is 0. The van der Waals surface area contributed by atoms with E-state index in [4.69, 9.17) is 11.6 Å². The van der Waals surface area contributed by atoms with Gasteiger partial charge in [-0.15, -0.1) is 0 Å². The van der Waals surface area contributed by atoms with Gasteiger partial charge in [0.25, 0.3) is 0 Å². The maximum atomic E-state index is 11.9. The number of nitrogens with one attached hydrogen (secondary N) is 3. The molecule has 0 heterocycles. The van der Waals surface area contributed by atoms with Gasteiger partial charge in [0.15, 0.2) is 0 Å². The lowest BCUT2D eigenvalue weighted by atomic mass is 10.2. The number of halogens is 1. The van der Waals surface area contributed by atoms with Crippen molar-refractivity contribution in [1.29, 1.82) is 0 Å². The van der Waals surface area contributed by atoms with Crippen molar-refractivity contribution >= 4 is 40.5 Å². The second-order valence-corrected chi connectivity index (χ2v) is 6.19. The number of hydrogen-bond donors (Lipinski definition) is 3. The molecule has 124 valence electrons. The van der Waals surface area contributed by atoms with Gasteiger partial charge in [-0.1, -0.05) is 17.7 Å². The zero-order valence-electron chi connectivity index (χ0n) is 13.0. The smallest absolute Gasteiger partial charge is 0.243 e. The molecule has 0 radical (unpaired) electrons. The van der Waals surface area contributed by atoms with Crippen LogP contribution in [0, 0.1) is 5.92 Å². The van der Waals surface area contributed by atoms with Crippen LogP contribution in [-0.2, 0) is 9.59 Å². The minimum absolute atomic E-state index is 0.0802. The van der Waals surface area contributed by atoms with Crippen LogP contribution in [-0.4, -0.2) is 18.4 Å². The van der Waals surface area contributed by atoms with Crippen LogP contribution < -0.4 is 16.0 Å². The van der Waals surface area contributed by atoms with Crippen LogP contribution in [0.15, 0.2) is 48.5 Å². The number of rotatable bonds is 6. The fourth-order valence-electron chi connectivity index (χ4n) is 2.22. The molecule has 1 saturated carbocycles. The van der Waals surface area contributed by atoms with Gasteiger partial charge in [-0.2, -0.15) is 0 Å². The summed E-state index contributed by atoms with van der Waals surface area (Å²) in [6.45, 7) is 0.139. The van der Waals surface area contributed by atoms with Gasteiger partial charge in [0.1, 0.15) is 0 Å². The first-order valence-corrected chi connectivity index (χ1v) is 8.18. The van der Waals surface area contributed by atoms with Crippen molar-refractivity contribution in [2.75, 3.05) is 22.5 Å². The van der Waals surface area contributed by atoms with Crippen LogP contribution >= 0.6 is 11.6 Å². The Balaban J connectivity index is 1.47. The van der Waals surface area contributed by atoms with E-state index in [9.17, 15) is 9.59 Å². The molecule has 0 spiro atoms. The predicted octanol–water partition coefficient (Wildman–Crippen LogP) is 3.74. The highest BCUT2D eigenvalue weighted by molar-refractivity contribution is 6.30. The molecule has 3 N–H and O–H groups in total. The van der Waals surface area contributed by atoms with E-state index < -0.39 is 0 Å². The molecule has 5 nitrogen and oxygen atoms in total. The number of anilines is 3. The van der Waals surface area contributed by atoms with Crippen molar-refractivity contribution < 1.29 is 9.59 Å². The molecule has 24 heavy (non-hydrogen) atoms. The Kier molecular flexibility index (Phi) is 5.01. The van der Waals surface area contributed by atoms with E-state index in [1.165, 1.54) is 0 Å². The zero-order chi connectivity index (χ0) is 16.9. The Morgan fingerprint density at radius 3 is 2.33 bits per heavy atom. The topological polar surface area (TPSA) is 70.2 Å². The summed E-state index contributed by atoms with van der Waals surface area (Å²) < 4.78 is 0. The summed E-state index contributed by atoms with van der Waals surface area (Å²) in [6.07, 6.45) is 1.96. The maximum absolute atomic E-state index is 11.9. The number of carbonyl (C=O) groups excluding carboxylic acids is 2. The molecular weight excluding hydrogens is 326 g/mol. The van der Waals surface area contributed by atoms with Crippen molar-refractivity contribution in [3.8, 4) is 0 Å². The molecule has 6 heteroatoms. The fraction of sp³-hybridized carbons (Fsp3) is 0.222. The van der Waals surface area contributed by atoms with Gasteiger partial charge < -0.3 is 16.0 Å². The summed E-state index contributed by atoms with van der Waals surface area (Å²) in [4.78, 5) is 23.6. The molecule has 1 aliphatic rings. The Morgan fingerprint density at radius 1 is 0.958 bits per heavy atom. The Labute approximate surface area is 145 Å². The van der Waals surface area contributed by atoms with E-state index in [-0.39, 0.29) is 24.3 Å². The highest BCUT2D eigenvalue weighted by atomic mass is 35.5. The molecule has 0 aromatic heterocycles. The second kappa shape index (κ2) is 7.36. The van der Waals surface area contributed by atoms with Gasteiger partial charge in [0.05, 0.1) is 6.54 Å². The van der Waals surface area contributed by atoms with Crippen molar-refractivity contribution in [2.45, 2.75) is 12.8 Å². The lowest BCUT2D eigenvalue weighted by Crippen LogP contribution is -2.21. The minimum atomic E-state index is -0.164. The van der Waals surface area contributed by atoms with Gasteiger partial charge >= 0.3 is 0 Å². The standard InChI is InChI=1S/C18H18ClN3O2/c19-13-2-1-3-16(10-13)21-17(23)11-20-14-6-8-15(9-7-14)22-18(24)12-4-5-12/h1-3,6-10,12,20H,4-5,11H2,(H,21,23)(H,22,24). The highest BCUT2D eigenvalue weighted by Gasteiger charge is 2.29. The molecule has 3 rings (SSSR count). The number of hydrogen-bond acceptors (Lipinski definition) is 3. The SMILES string of the molecule is O=C(CNc1ccc(NC(=O)C2CC2)cc1)Nc1cccc(Cl)c1. The van der Waals surface area contributed by atoms with Gasteiger partial charge in [-0.05, 0) is 55.3 Å². The summed E-state index contributed by atoms with van der Waals surface area (Å²) in [5.74, 6) is 0.0953. The monoisotopic (exact) mass is 343 g/mol. The Morgan fingerprint density at radius 2 is 1.67 bits per heavy atom. The molecule has 0 bridgehead atoms. The van der Waals surface area contributed by atoms with Gasteiger partial charge in [0, 0.05) is 28.0 Å². The summed E-state index contributed by atoms with van der Waals surface area (Å²) in [5, 5.41) is 9.25. The molecule has 0 atom stereocenters. The van der Waals surface area contributed by atoms with Gasteiger partial charge in [-0.25, -0.2) is 0 Å². The molecular formula is C18H18ClN3O2. The first-order chi connectivity index (χ1) is 11.6. The average molecular weight is 344 g/mol. The van der Waals surface area contributed by atoms with E-state index in [1.807, 2.05) is 24.3 Å². The quantitative estimate of drug-likeness (QED) is 0.748. The molecule has 2 amide bonds. The van der Waals surface area contributed by atoms with Crippen molar-refractivity contribution in [2.24, 2.45) is 5.92 Å². The van der Waals surface area contributed by atoms with Gasteiger partial charge in [0.2, 0.25) is 11.8 Å². The van der Waals surface area contributed by atoms with Crippen molar-refractivity contribution in [3.63, 3.8) is 0 Å². The van der Waals surface area contributed by atoms with E-state index in [2.05, 4.69) is 16.0 Å². The number of amides is 2. The molecule has 2 aromatic rings. The average Bonchev–Trinajstić information content (AvgIpc) is 3.39. The molecule has 1 aliphatic carbocycles. The molecule has 1 fully saturated rings. The summed E-state index contributed by atoms with van der Waals surface area (Å²) in [6, 6.07) is 14.3. The first kappa shape index (κ1) is 16.3. The third-order valence-electron chi connectivity index (χ3n) is 3.66. The normalized spacial score (nSPS) is 13.2. The number of benzene rings is 2. The summed E-state index contributed by atoms with van der Waals surface area (Å²) >= 11 is 5.88. The number of carbonyl (C=O) groups is 2. The maximum Gasteiger partial charge on any atom is 0.243 e. The van der Waals surface area contributed by atoms with Crippen LogP contribution in [0.3, 0.4) is 0 Å². The van der Waals surface area contributed by atoms with Gasteiger partial charge in [-0.3, -0.25) is 9.59 Å². The summed E-state index contributed by atoms with van der Waals surface area (Å²) in [5.41, 5.74) is 2.23. The van der Waals surface area contributed by atoms with Crippen LogP contribution in [0.4, 0.5) is 17.1 Å². The van der Waals surface area contributed by atoms with Crippen LogP contribution in [0.1, 0.15) is 12.8 Å².